The summed E-state index contributed by atoms with van der Waals surface area (Å²) in [6.45, 7) is 1.51. The second-order valence-corrected chi connectivity index (χ2v) is 6.26. The van der Waals surface area contributed by atoms with Crippen LogP contribution in [0.3, 0.4) is 0 Å². The molecule has 0 atom stereocenters. The van der Waals surface area contributed by atoms with Crippen molar-refractivity contribution in [1.82, 2.24) is 4.90 Å². The Labute approximate surface area is 150 Å². The van der Waals surface area contributed by atoms with Gasteiger partial charge in [-0.1, -0.05) is 12.1 Å². The Bertz CT molecular complexity index is 822. The molecule has 0 radical (unpaired) electrons. The molecule has 1 saturated heterocycles. The average molecular weight is 354 g/mol. The van der Waals surface area contributed by atoms with Crippen LogP contribution in [0.2, 0.25) is 0 Å². The van der Waals surface area contributed by atoms with Crippen LogP contribution in [-0.4, -0.2) is 39.9 Å². The zero-order valence-corrected chi connectivity index (χ0v) is 14.1. The molecule has 7 nitrogen and oxygen atoms in total. The number of nitrogens with zero attached hydrogens (tertiary/aromatic N) is 2. The Kier molecular flexibility index (Phi) is 4.97. The normalized spacial score (nSPS) is 14.1. The standard InChI is InChI=1S/C19H18N2O5/c22-18(20-8-2-1-3-9-20)14-6-4-13(5-7-14)15-10-16(19(23)24)12-17(11-15)21(25)26/h4-7,10-12H,1-3,8-9H2,(H,23,24). The molecule has 1 N–H and O–H groups in total. The van der Waals surface area contributed by atoms with Gasteiger partial charge in [0, 0.05) is 30.8 Å². The first-order chi connectivity index (χ1) is 12.5. The number of carbonyl (C=O) groups excluding carboxylic acids is 1. The van der Waals surface area contributed by atoms with E-state index in [1.807, 2.05) is 4.90 Å². The lowest BCUT2D eigenvalue weighted by Crippen LogP contribution is -2.35. The van der Waals surface area contributed by atoms with Gasteiger partial charge in [-0.25, -0.2) is 4.79 Å². The van der Waals surface area contributed by atoms with Crippen LogP contribution in [0.25, 0.3) is 11.1 Å². The number of nitro benzene ring substituents is 1. The van der Waals surface area contributed by atoms with Crippen molar-refractivity contribution in [2.75, 3.05) is 13.1 Å². The maximum Gasteiger partial charge on any atom is 0.335 e. The number of non-ortho nitro benzene ring substituents is 1. The van der Waals surface area contributed by atoms with Crippen molar-refractivity contribution in [1.29, 1.82) is 0 Å². The minimum Gasteiger partial charge on any atom is -0.478 e. The Hall–Kier alpha value is -3.22. The maximum atomic E-state index is 12.5. The summed E-state index contributed by atoms with van der Waals surface area (Å²) >= 11 is 0. The van der Waals surface area contributed by atoms with Gasteiger partial charge in [0.2, 0.25) is 0 Å². The predicted molar refractivity (Wildman–Crippen MR) is 95.2 cm³/mol. The lowest BCUT2D eigenvalue weighted by molar-refractivity contribution is -0.384. The van der Waals surface area contributed by atoms with Crippen LogP contribution in [0, 0.1) is 10.1 Å². The lowest BCUT2D eigenvalue weighted by atomic mass is 10.00. The van der Waals surface area contributed by atoms with Gasteiger partial charge in [0.15, 0.2) is 0 Å². The minimum absolute atomic E-state index is 0.0264. The summed E-state index contributed by atoms with van der Waals surface area (Å²) in [7, 11) is 0. The summed E-state index contributed by atoms with van der Waals surface area (Å²) in [5.41, 5.74) is 1.16. The molecular weight excluding hydrogens is 336 g/mol. The van der Waals surface area contributed by atoms with Gasteiger partial charge in [-0.15, -0.1) is 0 Å². The average Bonchev–Trinajstić information content (AvgIpc) is 2.67. The van der Waals surface area contributed by atoms with E-state index in [9.17, 15) is 19.7 Å². The number of carboxylic acid groups (broad SMARTS) is 1. The van der Waals surface area contributed by atoms with E-state index in [0.717, 1.165) is 38.4 Å². The van der Waals surface area contributed by atoms with E-state index in [-0.39, 0.29) is 17.2 Å². The molecule has 1 amide bonds. The summed E-state index contributed by atoms with van der Waals surface area (Å²) in [6, 6.07) is 10.5. The third kappa shape index (κ3) is 3.72. The topological polar surface area (TPSA) is 101 Å². The van der Waals surface area contributed by atoms with Crippen molar-refractivity contribution in [2.45, 2.75) is 19.3 Å². The summed E-state index contributed by atoms with van der Waals surface area (Å²) in [4.78, 5) is 35.9. The molecule has 7 heteroatoms. The number of likely N-dealkylation sites (tertiary alicyclic amines) is 1. The molecule has 134 valence electrons. The second-order valence-electron chi connectivity index (χ2n) is 6.26. The van der Waals surface area contributed by atoms with Crippen molar-refractivity contribution in [3.8, 4) is 11.1 Å². The second kappa shape index (κ2) is 7.35. The fourth-order valence-corrected chi connectivity index (χ4v) is 3.09. The van der Waals surface area contributed by atoms with Gasteiger partial charge in [-0.3, -0.25) is 14.9 Å². The largest absolute Gasteiger partial charge is 0.478 e. The van der Waals surface area contributed by atoms with E-state index in [4.69, 9.17) is 5.11 Å². The number of benzene rings is 2. The van der Waals surface area contributed by atoms with Gasteiger partial charge in [0.25, 0.3) is 11.6 Å². The highest BCUT2D eigenvalue weighted by atomic mass is 16.6. The summed E-state index contributed by atoms with van der Waals surface area (Å²) in [5, 5.41) is 20.2. The molecule has 0 saturated carbocycles. The number of hydrogen-bond donors (Lipinski definition) is 1. The highest BCUT2D eigenvalue weighted by Gasteiger charge is 2.19. The van der Waals surface area contributed by atoms with Crippen LogP contribution >= 0.6 is 0 Å². The molecule has 2 aromatic rings. The van der Waals surface area contributed by atoms with Crippen molar-refractivity contribution >= 4 is 17.6 Å². The number of nitro groups is 1. The highest BCUT2D eigenvalue weighted by Crippen LogP contribution is 2.27. The third-order valence-electron chi connectivity index (χ3n) is 4.48. The molecule has 0 spiro atoms. The molecule has 1 aliphatic rings. The molecule has 3 rings (SSSR count). The first-order valence-electron chi connectivity index (χ1n) is 8.38. The van der Waals surface area contributed by atoms with Crippen LogP contribution in [0.4, 0.5) is 5.69 Å². The number of piperidine rings is 1. The van der Waals surface area contributed by atoms with Gasteiger partial charge < -0.3 is 10.0 Å². The van der Waals surface area contributed by atoms with Crippen molar-refractivity contribution < 1.29 is 19.6 Å². The molecule has 2 aromatic carbocycles. The van der Waals surface area contributed by atoms with Crippen LogP contribution in [0.15, 0.2) is 42.5 Å². The van der Waals surface area contributed by atoms with Gasteiger partial charge in [-0.2, -0.15) is 0 Å². The molecule has 0 unspecified atom stereocenters. The SMILES string of the molecule is O=C(O)c1cc(-c2ccc(C(=O)N3CCCCC3)cc2)cc([N+](=O)[O-])c1. The van der Waals surface area contributed by atoms with Gasteiger partial charge in [-0.05, 0) is 48.6 Å². The number of carbonyl (C=O) groups is 2. The fraction of sp³-hybridized carbons (Fsp3) is 0.263. The Morgan fingerprint density at radius 3 is 2.15 bits per heavy atom. The number of carboxylic acids is 1. The van der Waals surface area contributed by atoms with Crippen molar-refractivity contribution in [2.24, 2.45) is 0 Å². The zero-order chi connectivity index (χ0) is 18.7. The van der Waals surface area contributed by atoms with Crippen LogP contribution in [-0.2, 0) is 0 Å². The van der Waals surface area contributed by atoms with Gasteiger partial charge in [0.05, 0.1) is 10.5 Å². The van der Waals surface area contributed by atoms with Gasteiger partial charge in [0.1, 0.15) is 0 Å². The van der Waals surface area contributed by atoms with E-state index < -0.39 is 10.9 Å². The fourth-order valence-electron chi connectivity index (χ4n) is 3.09. The van der Waals surface area contributed by atoms with Crippen LogP contribution in [0.5, 0.6) is 0 Å². The van der Waals surface area contributed by atoms with E-state index in [1.165, 1.54) is 12.1 Å². The first-order valence-corrected chi connectivity index (χ1v) is 8.38. The van der Waals surface area contributed by atoms with E-state index in [1.54, 1.807) is 24.3 Å². The summed E-state index contributed by atoms with van der Waals surface area (Å²) in [5.74, 6) is -1.26. The Morgan fingerprint density at radius 2 is 1.58 bits per heavy atom. The monoisotopic (exact) mass is 354 g/mol. The zero-order valence-electron chi connectivity index (χ0n) is 14.1. The number of aromatic carboxylic acids is 1. The van der Waals surface area contributed by atoms with Crippen LogP contribution in [0.1, 0.15) is 40.0 Å². The smallest absolute Gasteiger partial charge is 0.335 e. The van der Waals surface area contributed by atoms with Gasteiger partial charge >= 0.3 is 5.97 Å². The van der Waals surface area contributed by atoms with E-state index in [0.29, 0.717) is 16.7 Å². The third-order valence-corrected chi connectivity index (χ3v) is 4.48. The Morgan fingerprint density at radius 1 is 0.923 bits per heavy atom. The maximum absolute atomic E-state index is 12.5. The number of rotatable bonds is 4. The molecule has 1 heterocycles. The number of hydrogen-bond acceptors (Lipinski definition) is 4. The highest BCUT2D eigenvalue weighted by molar-refractivity contribution is 5.95. The first kappa shape index (κ1) is 17.6. The van der Waals surface area contributed by atoms with Crippen LogP contribution < -0.4 is 0 Å². The minimum atomic E-state index is -1.23. The molecule has 0 aromatic heterocycles. The van der Waals surface area contributed by atoms with E-state index in [2.05, 4.69) is 0 Å². The quantitative estimate of drug-likeness (QED) is 0.668. The molecule has 0 aliphatic carbocycles. The summed E-state index contributed by atoms with van der Waals surface area (Å²) in [6.07, 6.45) is 3.16. The Balaban J connectivity index is 1.89. The molecule has 1 fully saturated rings. The van der Waals surface area contributed by atoms with Crippen molar-refractivity contribution in [3.05, 3.63) is 63.7 Å². The molecule has 0 bridgehead atoms. The molecular formula is C19H18N2O5. The number of amides is 1. The van der Waals surface area contributed by atoms with E-state index >= 15 is 0 Å². The lowest BCUT2D eigenvalue weighted by Gasteiger charge is -2.26. The molecule has 1 aliphatic heterocycles. The molecule has 26 heavy (non-hydrogen) atoms. The predicted octanol–water partition coefficient (Wildman–Crippen LogP) is 3.59. The van der Waals surface area contributed by atoms with Crippen molar-refractivity contribution in [3.63, 3.8) is 0 Å². The summed E-state index contributed by atoms with van der Waals surface area (Å²) < 4.78 is 0.